The number of anilines is 1. The van der Waals surface area contributed by atoms with E-state index in [1.165, 1.54) is 16.2 Å². The molecule has 0 aliphatic carbocycles. The predicted octanol–water partition coefficient (Wildman–Crippen LogP) is 4.22. The quantitative estimate of drug-likeness (QED) is 0.708. The van der Waals surface area contributed by atoms with E-state index in [0.717, 1.165) is 0 Å². The smallest absolute Gasteiger partial charge is 0.265 e. The summed E-state index contributed by atoms with van der Waals surface area (Å²) in [6.07, 6.45) is 0. The Bertz CT molecular complexity index is 937. The third-order valence-corrected chi connectivity index (χ3v) is 4.83. The first-order valence-electron chi connectivity index (χ1n) is 7.76. The molecule has 0 atom stereocenters. The second kappa shape index (κ2) is 7.72. The Morgan fingerprint density at radius 3 is 2.77 bits per heavy atom. The summed E-state index contributed by atoms with van der Waals surface area (Å²) < 4.78 is 5.01. The average Bonchev–Trinajstić information content (AvgIpc) is 3.28. The fourth-order valence-electron chi connectivity index (χ4n) is 2.37. The first-order valence-corrected chi connectivity index (χ1v) is 9.02. The van der Waals surface area contributed by atoms with Crippen LogP contribution in [0, 0.1) is 6.92 Å². The summed E-state index contributed by atoms with van der Waals surface area (Å²) in [6, 6.07) is 10.1. The molecular weight excluding hydrogens is 374 g/mol. The van der Waals surface area contributed by atoms with Crippen molar-refractivity contribution in [3.63, 3.8) is 0 Å². The van der Waals surface area contributed by atoms with Crippen molar-refractivity contribution < 1.29 is 14.1 Å². The van der Waals surface area contributed by atoms with Crippen molar-refractivity contribution >= 4 is 40.4 Å². The lowest BCUT2D eigenvalue weighted by atomic mass is 10.1. The van der Waals surface area contributed by atoms with Crippen molar-refractivity contribution in [1.29, 1.82) is 0 Å². The standard InChI is InChI=1S/C18H16ClN3O3S/c1-11-8-13(21-25-11)10-22(2)18(24)12-5-6-14(19)15(9-12)20-17(23)16-4-3-7-26-16/h3-9H,10H2,1-2H3,(H,20,23). The Labute approximate surface area is 159 Å². The third-order valence-electron chi connectivity index (χ3n) is 3.63. The van der Waals surface area contributed by atoms with Crippen molar-refractivity contribution in [2.75, 3.05) is 12.4 Å². The predicted molar refractivity (Wildman–Crippen MR) is 101 cm³/mol. The number of carbonyl (C=O) groups is 2. The highest BCUT2D eigenvalue weighted by Crippen LogP contribution is 2.25. The number of rotatable bonds is 5. The molecule has 1 N–H and O–H groups in total. The maximum absolute atomic E-state index is 12.6. The Morgan fingerprint density at radius 2 is 2.12 bits per heavy atom. The molecule has 0 aliphatic heterocycles. The number of hydrogen-bond donors (Lipinski definition) is 1. The van der Waals surface area contributed by atoms with Crippen LogP contribution < -0.4 is 5.32 Å². The molecule has 0 aliphatic rings. The van der Waals surface area contributed by atoms with Gasteiger partial charge in [-0.3, -0.25) is 9.59 Å². The van der Waals surface area contributed by atoms with Gasteiger partial charge in [0.2, 0.25) is 0 Å². The van der Waals surface area contributed by atoms with Gasteiger partial charge in [-0.2, -0.15) is 0 Å². The van der Waals surface area contributed by atoms with Gasteiger partial charge >= 0.3 is 0 Å². The number of carbonyl (C=O) groups excluding carboxylic acids is 2. The lowest BCUT2D eigenvalue weighted by Crippen LogP contribution is -2.26. The highest BCUT2D eigenvalue weighted by molar-refractivity contribution is 7.12. The van der Waals surface area contributed by atoms with E-state index in [1.807, 2.05) is 5.38 Å². The second-order valence-electron chi connectivity index (χ2n) is 5.72. The molecule has 0 unspecified atom stereocenters. The Kier molecular flexibility index (Phi) is 5.39. The lowest BCUT2D eigenvalue weighted by Gasteiger charge is -2.16. The van der Waals surface area contributed by atoms with Gasteiger partial charge < -0.3 is 14.7 Å². The van der Waals surface area contributed by atoms with Gasteiger partial charge in [0.1, 0.15) is 11.5 Å². The van der Waals surface area contributed by atoms with Crippen molar-refractivity contribution in [3.8, 4) is 0 Å². The summed E-state index contributed by atoms with van der Waals surface area (Å²) >= 11 is 7.49. The minimum atomic E-state index is -0.266. The van der Waals surface area contributed by atoms with E-state index >= 15 is 0 Å². The maximum Gasteiger partial charge on any atom is 0.265 e. The molecule has 0 radical (unpaired) electrons. The van der Waals surface area contributed by atoms with Crippen LogP contribution in [0.2, 0.25) is 5.02 Å². The monoisotopic (exact) mass is 389 g/mol. The van der Waals surface area contributed by atoms with Crippen LogP contribution in [0.5, 0.6) is 0 Å². The van der Waals surface area contributed by atoms with Crippen molar-refractivity contribution in [3.05, 3.63) is 68.7 Å². The van der Waals surface area contributed by atoms with E-state index < -0.39 is 0 Å². The van der Waals surface area contributed by atoms with E-state index in [4.69, 9.17) is 16.1 Å². The Morgan fingerprint density at radius 1 is 1.31 bits per heavy atom. The van der Waals surface area contributed by atoms with Gasteiger partial charge in [0.25, 0.3) is 11.8 Å². The summed E-state index contributed by atoms with van der Waals surface area (Å²) in [4.78, 5) is 26.9. The SMILES string of the molecule is Cc1cc(CN(C)C(=O)c2ccc(Cl)c(NC(=O)c3cccs3)c2)no1. The number of hydrogen-bond acceptors (Lipinski definition) is 5. The summed E-state index contributed by atoms with van der Waals surface area (Å²) in [5.41, 5.74) is 1.47. The number of aryl methyl sites for hydroxylation is 1. The number of aromatic nitrogens is 1. The van der Waals surface area contributed by atoms with Gasteiger partial charge in [-0.05, 0) is 36.6 Å². The molecule has 2 heterocycles. The largest absolute Gasteiger partial charge is 0.361 e. The van der Waals surface area contributed by atoms with Gasteiger partial charge in [-0.15, -0.1) is 11.3 Å². The Hall–Kier alpha value is -2.64. The van der Waals surface area contributed by atoms with Crippen LogP contribution in [0.25, 0.3) is 0 Å². The van der Waals surface area contributed by atoms with Crippen LogP contribution in [0.4, 0.5) is 5.69 Å². The van der Waals surface area contributed by atoms with Crippen LogP contribution in [0.1, 0.15) is 31.5 Å². The highest BCUT2D eigenvalue weighted by atomic mass is 35.5. The molecule has 8 heteroatoms. The molecule has 0 saturated heterocycles. The minimum Gasteiger partial charge on any atom is -0.361 e. The van der Waals surface area contributed by atoms with E-state index in [1.54, 1.807) is 50.4 Å². The number of halogens is 1. The van der Waals surface area contributed by atoms with E-state index in [0.29, 0.717) is 39.1 Å². The molecular formula is C18H16ClN3O3S. The van der Waals surface area contributed by atoms with Gasteiger partial charge in [0.15, 0.2) is 0 Å². The second-order valence-corrected chi connectivity index (χ2v) is 7.07. The van der Waals surface area contributed by atoms with E-state index in [9.17, 15) is 9.59 Å². The van der Waals surface area contributed by atoms with E-state index in [2.05, 4.69) is 10.5 Å². The Balaban J connectivity index is 1.75. The highest BCUT2D eigenvalue weighted by Gasteiger charge is 2.17. The van der Waals surface area contributed by atoms with Crippen molar-refractivity contribution in [1.82, 2.24) is 10.1 Å². The molecule has 26 heavy (non-hydrogen) atoms. The van der Waals surface area contributed by atoms with Gasteiger partial charge in [-0.1, -0.05) is 22.8 Å². The fourth-order valence-corrected chi connectivity index (χ4v) is 3.16. The fraction of sp³-hybridized carbons (Fsp3) is 0.167. The van der Waals surface area contributed by atoms with Gasteiger partial charge in [0, 0.05) is 18.7 Å². The zero-order valence-corrected chi connectivity index (χ0v) is 15.7. The summed E-state index contributed by atoms with van der Waals surface area (Å²) in [5, 5.41) is 8.81. The zero-order chi connectivity index (χ0) is 18.7. The maximum atomic E-state index is 12.6. The molecule has 6 nitrogen and oxygen atoms in total. The molecule has 0 saturated carbocycles. The van der Waals surface area contributed by atoms with E-state index in [-0.39, 0.29) is 11.8 Å². The number of benzene rings is 1. The number of thiophene rings is 1. The lowest BCUT2D eigenvalue weighted by molar-refractivity contribution is 0.0782. The zero-order valence-electron chi connectivity index (χ0n) is 14.2. The van der Waals surface area contributed by atoms with Crippen LogP contribution >= 0.6 is 22.9 Å². The molecule has 1 aromatic carbocycles. The average molecular weight is 390 g/mol. The molecule has 0 spiro atoms. The first-order chi connectivity index (χ1) is 12.4. The molecule has 134 valence electrons. The number of amides is 2. The molecule has 0 bridgehead atoms. The number of nitrogens with one attached hydrogen (secondary N) is 1. The molecule has 0 fully saturated rings. The number of nitrogens with zero attached hydrogens (tertiary/aromatic N) is 2. The van der Waals surface area contributed by atoms with Crippen molar-refractivity contribution in [2.24, 2.45) is 0 Å². The topological polar surface area (TPSA) is 75.4 Å². The van der Waals surface area contributed by atoms with Crippen LogP contribution in [0.15, 0.2) is 46.3 Å². The van der Waals surface area contributed by atoms with Crippen LogP contribution in [-0.4, -0.2) is 28.9 Å². The summed E-state index contributed by atoms with van der Waals surface area (Å²) in [7, 11) is 1.67. The van der Waals surface area contributed by atoms with Gasteiger partial charge in [-0.25, -0.2) is 0 Å². The van der Waals surface area contributed by atoms with Crippen LogP contribution in [0.3, 0.4) is 0 Å². The normalized spacial score (nSPS) is 10.6. The molecule has 2 aromatic heterocycles. The van der Waals surface area contributed by atoms with Crippen LogP contribution in [-0.2, 0) is 6.54 Å². The molecule has 3 rings (SSSR count). The summed E-state index contributed by atoms with van der Waals surface area (Å²) in [5.74, 6) is 0.206. The first kappa shape index (κ1) is 18.2. The summed E-state index contributed by atoms with van der Waals surface area (Å²) in [6.45, 7) is 2.11. The van der Waals surface area contributed by atoms with Gasteiger partial charge in [0.05, 0.1) is 22.1 Å². The molecule has 2 amide bonds. The minimum absolute atomic E-state index is 0.214. The molecule has 3 aromatic rings. The van der Waals surface area contributed by atoms with Crippen molar-refractivity contribution in [2.45, 2.75) is 13.5 Å². The third kappa shape index (κ3) is 4.12.